The van der Waals surface area contributed by atoms with E-state index in [0.717, 1.165) is 21.6 Å². The third-order valence-electron chi connectivity index (χ3n) is 3.75. The quantitative estimate of drug-likeness (QED) is 0.744. The molecule has 3 rings (SSSR count). The highest BCUT2D eigenvalue weighted by Gasteiger charge is 2.19. The molecule has 0 aliphatic heterocycles. The lowest BCUT2D eigenvalue weighted by Crippen LogP contribution is -2.26. The summed E-state index contributed by atoms with van der Waals surface area (Å²) in [6, 6.07) is 7.61. The first-order valence-corrected chi connectivity index (χ1v) is 8.72. The molecule has 2 aromatic heterocycles. The van der Waals surface area contributed by atoms with Crippen molar-refractivity contribution in [1.82, 2.24) is 20.1 Å². The first-order chi connectivity index (χ1) is 11.6. The Balaban J connectivity index is 1.73. The fourth-order valence-corrected chi connectivity index (χ4v) is 3.34. The Morgan fingerprint density at radius 3 is 3.00 bits per heavy atom. The monoisotopic (exact) mass is 344 g/mol. The second kappa shape index (κ2) is 7.11. The maximum absolute atomic E-state index is 12.7. The Hall–Kier alpha value is -2.25. The lowest BCUT2D eigenvalue weighted by Gasteiger charge is -2.14. The number of para-hydroxylation sites is 1. The van der Waals surface area contributed by atoms with Crippen LogP contribution in [0.3, 0.4) is 0 Å². The van der Waals surface area contributed by atoms with Gasteiger partial charge in [-0.15, -0.1) is 11.3 Å². The Labute approximate surface area is 144 Å². The number of fused-ring (bicyclic) bond motifs is 1. The van der Waals surface area contributed by atoms with Crippen LogP contribution in [0.15, 0.2) is 29.6 Å². The van der Waals surface area contributed by atoms with E-state index < -0.39 is 0 Å². The smallest absolute Gasteiger partial charge is 0.275 e. The van der Waals surface area contributed by atoms with Crippen molar-refractivity contribution in [2.45, 2.75) is 26.5 Å². The third-order valence-corrected chi connectivity index (χ3v) is 4.81. The second-order valence-corrected chi connectivity index (χ2v) is 6.44. The van der Waals surface area contributed by atoms with Gasteiger partial charge in [-0.3, -0.25) is 9.89 Å². The molecule has 0 bridgehead atoms. The third kappa shape index (κ3) is 3.32. The summed E-state index contributed by atoms with van der Waals surface area (Å²) in [5, 5.41) is 10.8. The summed E-state index contributed by atoms with van der Waals surface area (Å²) in [4.78, 5) is 18.9. The zero-order valence-corrected chi connectivity index (χ0v) is 14.8. The number of thiazole rings is 1. The molecular formula is C17H20N4O2S. The fraction of sp³-hybridized carbons (Fsp3) is 0.353. The van der Waals surface area contributed by atoms with Gasteiger partial charge in [0, 0.05) is 24.4 Å². The topological polar surface area (TPSA) is 71.1 Å². The number of hydrogen-bond acceptors (Lipinski definition) is 5. The van der Waals surface area contributed by atoms with Crippen molar-refractivity contribution in [1.29, 1.82) is 0 Å². The number of nitrogens with zero attached hydrogens (tertiary/aromatic N) is 3. The molecule has 1 aromatic carbocycles. The lowest BCUT2D eigenvalue weighted by molar-refractivity contribution is 0.0755. The standard InChI is InChI=1S/C17H20N4O2S/c1-4-23-11(2)16-18-12(10-24-16)9-21(3)17(22)15-13-7-5-6-8-14(13)19-20-15/h5-8,10-11H,4,9H2,1-3H3,(H,19,20)/t11-/m1/s1. The van der Waals surface area contributed by atoms with Crippen LogP contribution in [0.25, 0.3) is 10.9 Å². The minimum atomic E-state index is -0.125. The average molecular weight is 344 g/mol. The first kappa shape index (κ1) is 16.6. The summed E-state index contributed by atoms with van der Waals surface area (Å²) in [7, 11) is 1.76. The molecule has 1 N–H and O–H groups in total. The molecule has 0 unspecified atom stereocenters. The van der Waals surface area contributed by atoms with Gasteiger partial charge in [-0.05, 0) is 19.9 Å². The van der Waals surface area contributed by atoms with E-state index in [2.05, 4.69) is 15.2 Å². The predicted molar refractivity (Wildman–Crippen MR) is 94.0 cm³/mol. The minimum Gasteiger partial charge on any atom is -0.372 e. The van der Waals surface area contributed by atoms with Gasteiger partial charge in [0.1, 0.15) is 11.1 Å². The molecule has 0 fully saturated rings. The molecule has 126 valence electrons. The number of carbonyl (C=O) groups is 1. The summed E-state index contributed by atoms with van der Waals surface area (Å²) < 4.78 is 5.55. The molecule has 3 aromatic rings. The van der Waals surface area contributed by atoms with E-state index >= 15 is 0 Å². The van der Waals surface area contributed by atoms with Crippen molar-refractivity contribution < 1.29 is 9.53 Å². The first-order valence-electron chi connectivity index (χ1n) is 7.84. The molecule has 0 radical (unpaired) electrons. The Morgan fingerprint density at radius 2 is 2.21 bits per heavy atom. The molecule has 0 aliphatic carbocycles. The fourth-order valence-electron chi connectivity index (χ4n) is 2.53. The van der Waals surface area contributed by atoms with Crippen LogP contribution in [0, 0.1) is 0 Å². The molecule has 0 aliphatic rings. The highest BCUT2D eigenvalue weighted by Crippen LogP contribution is 2.22. The van der Waals surface area contributed by atoms with Gasteiger partial charge in [0.15, 0.2) is 5.69 Å². The summed E-state index contributed by atoms with van der Waals surface area (Å²) in [6.45, 7) is 5.04. The van der Waals surface area contributed by atoms with Gasteiger partial charge < -0.3 is 9.64 Å². The Kier molecular flexibility index (Phi) is 4.92. The van der Waals surface area contributed by atoms with E-state index in [-0.39, 0.29) is 12.0 Å². The van der Waals surface area contributed by atoms with E-state index in [4.69, 9.17) is 4.74 Å². The van der Waals surface area contributed by atoms with Crippen molar-refractivity contribution in [2.75, 3.05) is 13.7 Å². The van der Waals surface area contributed by atoms with E-state index in [9.17, 15) is 4.79 Å². The maximum Gasteiger partial charge on any atom is 0.275 e. The van der Waals surface area contributed by atoms with Gasteiger partial charge in [-0.1, -0.05) is 18.2 Å². The highest BCUT2D eigenvalue weighted by molar-refractivity contribution is 7.09. The van der Waals surface area contributed by atoms with Crippen molar-refractivity contribution in [3.8, 4) is 0 Å². The number of nitrogens with one attached hydrogen (secondary N) is 1. The van der Waals surface area contributed by atoms with Gasteiger partial charge >= 0.3 is 0 Å². The molecule has 1 amide bonds. The van der Waals surface area contributed by atoms with Crippen LogP contribution in [-0.2, 0) is 11.3 Å². The molecule has 2 heterocycles. The second-order valence-electron chi connectivity index (χ2n) is 5.55. The van der Waals surface area contributed by atoms with Gasteiger partial charge in [-0.2, -0.15) is 5.10 Å². The molecule has 6 nitrogen and oxygen atoms in total. The number of ether oxygens (including phenoxy) is 1. The number of hydrogen-bond donors (Lipinski definition) is 1. The number of aromatic nitrogens is 3. The summed E-state index contributed by atoms with van der Waals surface area (Å²) in [6.07, 6.45) is -0.0231. The van der Waals surface area contributed by atoms with E-state index in [1.54, 1.807) is 23.3 Å². The minimum absolute atomic E-state index is 0.0231. The number of benzene rings is 1. The SMILES string of the molecule is CCO[C@H](C)c1nc(CN(C)C(=O)c2n[nH]c3ccccc23)cs1. The highest BCUT2D eigenvalue weighted by atomic mass is 32.1. The largest absolute Gasteiger partial charge is 0.372 e. The summed E-state index contributed by atoms with van der Waals surface area (Å²) in [5.74, 6) is -0.125. The summed E-state index contributed by atoms with van der Waals surface area (Å²) >= 11 is 1.56. The van der Waals surface area contributed by atoms with Crippen LogP contribution in [0.2, 0.25) is 0 Å². The van der Waals surface area contributed by atoms with Crippen molar-refractivity contribution in [3.05, 3.63) is 46.0 Å². The van der Waals surface area contributed by atoms with Gasteiger partial charge in [0.05, 0.1) is 17.8 Å². The number of amides is 1. The predicted octanol–water partition coefficient (Wildman–Crippen LogP) is 3.39. The molecular weight excluding hydrogens is 324 g/mol. The summed E-state index contributed by atoms with van der Waals surface area (Å²) in [5.41, 5.74) is 2.15. The van der Waals surface area contributed by atoms with E-state index in [0.29, 0.717) is 18.8 Å². The molecule has 7 heteroatoms. The van der Waals surface area contributed by atoms with Crippen LogP contribution >= 0.6 is 11.3 Å². The van der Waals surface area contributed by atoms with Crippen molar-refractivity contribution in [2.24, 2.45) is 0 Å². The molecule has 0 saturated heterocycles. The maximum atomic E-state index is 12.7. The number of H-pyrrole nitrogens is 1. The van der Waals surface area contributed by atoms with E-state index in [1.165, 1.54) is 0 Å². The lowest BCUT2D eigenvalue weighted by atomic mass is 10.2. The number of carbonyl (C=O) groups excluding carboxylic acids is 1. The van der Waals surface area contributed by atoms with E-state index in [1.807, 2.05) is 43.5 Å². The zero-order chi connectivity index (χ0) is 17.1. The molecule has 1 atom stereocenters. The van der Waals surface area contributed by atoms with Gasteiger partial charge in [-0.25, -0.2) is 4.98 Å². The van der Waals surface area contributed by atoms with Crippen LogP contribution in [0.5, 0.6) is 0 Å². The van der Waals surface area contributed by atoms with Gasteiger partial charge in [0.25, 0.3) is 5.91 Å². The van der Waals surface area contributed by atoms with Crippen LogP contribution < -0.4 is 0 Å². The van der Waals surface area contributed by atoms with Crippen molar-refractivity contribution in [3.63, 3.8) is 0 Å². The number of aromatic amines is 1. The Bertz CT molecular complexity index is 842. The average Bonchev–Trinajstić information content (AvgIpc) is 3.21. The van der Waals surface area contributed by atoms with Crippen LogP contribution in [0.1, 0.15) is 41.1 Å². The molecule has 0 spiro atoms. The normalized spacial score (nSPS) is 12.5. The Morgan fingerprint density at radius 1 is 1.42 bits per heavy atom. The van der Waals surface area contributed by atoms with Crippen molar-refractivity contribution >= 4 is 28.1 Å². The molecule has 24 heavy (non-hydrogen) atoms. The van der Waals surface area contributed by atoms with Crippen LogP contribution in [-0.4, -0.2) is 39.6 Å². The molecule has 0 saturated carbocycles. The van der Waals surface area contributed by atoms with Gasteiger partial charge in [0.2, 0.25) is 0 Å². The zero-order valence-electron chi connectivity index (χ0n) is 13.9. The number of rotatable bonds is 6. The van der Waals surface area contributed by atoms with Crippen LogP contribution in [0.4, 0.5) is 0 Å².